The summed E-state index contributed by atoms with van der Waals surface area (Å²) in [4.78, 5) is 0. The fourth-order valence-electron chi connectivity index (χ4n) is 4.24. The topological polar surface area (TPSA) is 0 Å². The summed E-state index contributed by atoms with van der Waals surface area (Å²) in [6.07, 6.45) is 1.02. The largest absolute Gasteiger partial charge is 0.0622 e. The molecule has 0 aliphatic carbocycles. The van der Waals surface area contributed by atoms with Gasteiger partial charge in [-0.3, -0.25) is 0 Å². The van der Waals surface area contributed by atoms with Crippen LogP contribution >= 0.6 is 6.89 Å². The molecule has 0 aliphatic rings. The molecular weight excluding hydrogens is 379 g/mol. The predicted octanol–water partition coefficient (Wildman–Crippen LogP) is 6.63. The van der Waals surface area contributed by atoms with Crippen molar-refractivity contribution in [2.75, 3.05) is 0 Å². The van der Waals surface area contributed by atoms with Crippen LogP contribution in [0.3, 0.4) is 0 Å². The van der Waals surface area contributed by atoms with Gasteiger partial charge in [0.1, 0.15) is 0 Å². The second-order valence-electron chi connectivity index (χ2n) is 8.04. The van der Waals surface area contributed by atoms with E-state index < -0.39 is 6.89 Å². The molecule has 0 heterocycles. The molecule has 0 radical (unpaired) electrons. The van der Waals surface area contributed by atoms with Crippen molar-refractivity contribution in [3.05, 3.63) is 131 Å². The Kier molecular flexibility index (Phi) is 6.07. The Hall–Kier alpha value is -2.82. The Morgan fingerprint density at radius 3 is 1.80 bits per heavy atom. The van der Waals surface area contributed by atoms with Crippen molar-refractivity contribution in [2.45, 2.75) is 26.9 Å². The van der Waals surface area contributed by atoms with Crippen LogP contribution in [-0.4, -0.2) is 5.80 Å². The minimum absolute atomic E-state index is 1.02. The molecular formula is C29H29P. The zero-order chi connectivity index (χ0) is 21.0. The van der Waals surface area contributed by atoms with Crippen molar-refractivity contribution in [2.24, 2.45) is 0 Å². The fourth-order valence-corrected chi connectivity index (χ4v) is 8.53. The van der Waals surface area contributed by atoms with E-state index in [1.165, 1.54) is 38.4 Å². The van der Waals surface area contributed by atoms with Crippen molar-refractivity contribution in [1.82, 2.24) is 0 Å². The maximum absolute atomic E-state index is 2.58. The van der Waals surface area contributed by atoms with Crippen LogP contribution in [-0.2, 0) is 6.16 Å². The van der Waals surface area contributed by atoms with Crippen molar-refractivity contribution < 1.29 is 0 Å². The van der Waals surface area contributed by atoms with Gasteiger partial charge in [0.05, 0.1) is 0 Å². The van der Waals surface area contributed by atoms with E-state index >= 15 is 0 Å². The lowest BCUT2D eigenvalue weighted by molar-refractivity contribution is 1.28. The number of aryl methyl sites for hydroxylation is 1. The van der Waals surface area contributed by atoms with Gasteiger partial charge in [-0.05, 0) is 71.9 Å². The maximum Gasteiger partial charge on any atom is 0.000135 e. The highest BCUT2D eigenvalue weighted by Gasteiger charge is 2.26. The standard InChI is InChI=1S/C29H29P/c1-23-19-20-29(25(3)24(23)2)30(28-17-11-6-12-18-28,21-26-13-7-4-8-14-26)22-27-15-9-5-10-16-27/h4-21H,22H2,1-3H3. The summed E-state index contributed by atoms with van der Waals surface area (Å²) < 4.78 is 0. The van der Waals surface area contributed by atoms with Crippen LogP contribution in [0.1, 0.15) is 27.8 Å². The first-order valence-electron chi connectivity index (χ1n) is 10.6. The lowest BCUT2D eigenvalue weighted by Gasteiger charge is -2.31. The third-order valence-corrected chi connectivity index (χ3v) is 10.3. The van der Waals surface area contributed by atoms with Gasteiger partial charge in [-0.15, -0.1) is 0 Å². The highest BCUT2D eigenvalue weighted by molar-refractivity contribution is 7.88. The summed E-state index contributed by atoms with van der Waals surface area (Å²) in [5.41, 5.74) is 6.88. The average molecular weight is 409 g/mol. The van der Waals surface area contributed by atoms with Crippen LogP contribution in [0.4, 0.5) is 0 Å². The Labute approximate surface area is 181 Å². The van der Waals surface area contributed by atoms with E-state index in [1.807, 2.05) is 0 Å². The van der Waals surface area contributed by atoms with Gasteiger partial charge in [0.15, 0.2) is 0 Å². The van der Waals surface area contributed by atoms with Crippen LogP contribution in [0.2, 0.25) is 0 Å². The number of benzene rings is 4. The van der Waals surface area contributed by atoms with E-state index in [-0.39, 0.29) is 0 Å². The molecule has 4 aromatic carbocycles. The molecule has 0 saturated carbocycles. The quantitative estimate of drug-likeness (QED) is 0.325. The molecule has 30 heavy (non-hydrogen) atoms. The van der Waals surface area contributed by atoms with Gasteiger partial charge in [0.25, 0.3) is 0 Å². The van der Waals surface area contributed by atoms with Crippen LogP contribution in [0.25, 0.3) is 0 Å². The first-order valence-corrected chi connectivity index (χ1v) is 12.6. The summed E-state index contributed by atoms with van der Waals surface area (Å²) in [5.74, 6) is 2.58. The van der Waals surface area contributed by atoms with E-state index in [2.05, 4.69) is 130 Å². The third kappa shape index (κ3) is 4.07. The Morgan fingerprint density at radius 2 is 1.17 bits per heavy atom. The van der Waals surface area contributed by atoms with Crippen molar-refractivity contribution in [1.29, 1.82) is 0 Å². The van der Waals surface area contributed by atoms with Gasteiger partial charge in [-0.1, -0.05) is 103 Å². The molecule has 0 fully saturated rings. The summed E-state index contributed by atoms with van der Waals surface area (Å²) >= 11 is 0. The van der Waals surface area contributed by atoms with E-state index in [0.717, 1.165) is 6.16 Å². The number of hydrogen-bond donors (Lipinski definition) is 0. The molecule has 1 atom stereocenters. The third-order valence-electron chi connectivity index (χ3n) is 6.12. The van der Waals surface area contributed by atoms with Gasteiger partial charge in [0, 0.05) is 6.16 Å². The molecule has 4 aromatic rings. The van der Waals surface area contributed by atoms with Gasteiger partial charge in [-0.2, -0.15) is 0 Å². The number of hydrogen-bond acceptors (Lipinski definition) is 0. The molecule has 1 unspecified atom stereocenters. The predicted molar refractivity (Wildman–Crippen MR) is 135 cm³/mol. The van der Waals surface area contributed by atoms with Gasteiger partial charge in [0.2, 0.25) is 0 Å². The smallest absolute Gasteiger partial charge is 0.000135 e. The zero-order valence-electron chi connectivity index (χ0n) is 18.0. The van der Waals surface area contributed by atoms with Gasteiger partial charge in [-0.25, -0.2) is 0 Å². The minimum atomic E-state index is -1.85. The summed E-state index contributed by atoms with van der Waals surface area (Å²) in [5, 5.41) is 2.92. The van der Waals surface area contributed by atoms with Crippen LogP contribution < -0.4 is 10.6 Å². The molecule has 0 N–H and O–H groups in total. The van der Waals surface area contributed by atoms with E-state index in [1.54, 1.807) is 0 Å². The SMILES string of the molecule is Cc1ccc(P(=Cc2ccccc2)(Cc2ccccc2)c2ccccc2)c(C)c1C. The van der Waals surface area contributed by atoms with E-state index in [0.29, 0.717) is 0 Å². The molecule has 150 valence electrons. The normalized spacial score (nSPS) is 12.9. The fraction of sp³-hybridized carbons (Fsp3) is 0.138. The van der Waals surface area contributed by atoms with Crippen molar-refractivity contribution in [3.8, 4) is 0 Å². The number of rotatable bonds is 5. The second kappa shape index (κ2) is 8.90. The van der Waals surface area contributed by atoms with E-state index in [4.69, 9.17) is 0 Å². The van der Waals surface area contributed by atoms with Gasteiger partial charge < -0.3 is 0 Å². The molecule has 0 bridgehead atoms. The molecule has 0 aromatic heterocycles. The average Bonchev–Trinajstić information content (AvgIpc) is 2.79. The zero-order valence-corrected chi connectivity index (χ0v) is 18.9. The van der Waals surface area contributed by atoms with E-state index in [9.17, 15) is 0 Å². The minimum Gasteiger partial charge on any atom is -0.0622 e. The summed E-state index contributed by atoms with van der Waals surface area (Å²) in [6, 6.07) is 37.6. The highest BCUT2D eigenvalue weighted by Crippen LogP contribution is 2.50. The second-order valence-corrected chi connectivity index (χ2v) is 11.3. The highest BCUT2D eigenvalue weighted by atomic mass is 31.2. The van der Waals surface area contributed by atoms with Crippen LogP contribution in [0.5, 0.6) is 0 Å². The molecule has 0 saturated heterocycles. The van der Waals surface area contributed by atoms with Crippen LogP contribution in [0.15, 0.2) is 103 Å². The molecule has 1 heteroatoms. The molecule has 4 rings (SSSR count). The van der Waals surface area contributed by atoms with Crippen molar-refractivity contribution >= 4 is 23.3 Å². The Balaban J connectivity index is 2.09. The lowest BCUT2D eigenvalue weighted by Crippen LogP contribution is -2.23. The monoisotopic (exact) mass is 408 g/mol. The molecule has 0 nitrogen and oxygen atoms in total. The maximum atomic E-state index is 2.58. The lowest BCUT2D eigenvalue weighted by atomic mass is 10.1. The summed E-state index contributed by atoms with van der Waals surface area (Å²) in [6.45, 7) is 4.93. The molecule has 0 amide bonds. The van der Waals surface area contributed by atoms with Gasteiger partial charge >= 0.3 is 0 Å². The van der Waals surface area contributed by atoms with Crippen molar-refractivity contribution in [3.63, 3.8) is 0 Å². The van der Waals surface area contributed by atoms with Crippen LogP contribution in [0, 0.1) is 20.8 Å². The Morgan fingerprint density at radius 1 is 0.600 bits per heavy atom. The molecule has 0 aliphatic heterocycles. The summed E-state index contributed by atoms with van der Waals surface area (Å²) in [7, 11) is 0. The first kappa shape index (κ1) is 20.5. The molecule has 0 spiro atoms. The Bertz CT molecular complexity index is 1170. The first-order chi connectivity index (χ1) is 14.6.